The second kappa shape index (κ2) is 8.57. The Morgan fingerprint density at radius 1 is 1.22 bits per heavy atom. The Hall–Kier alpha value is -2.33. The van der Waals surface area contributed by atoms with Crippen molar-refractivity contribution in [3.8, 4) is 5.75 Å². The molecule has 1 N–H and O–H groups in total. The molecule has 0 bridgehead atoms. The Labute approximate surface area is 163 Å². The molecule has 2 aromatic rings. The number of carboxylic acids is 1. The number of hydrogen-bond acceptors (Lipinski definition) is 2. The third kappa shape index (κ3) is 4.89. The monoisotopic (exact) mass is 388 g/mol. The molecule has 5 heteroatoms. The molecule has 3 nitrogen and oxygen atoms in total. The fraction of sp³-hybridized carbons (Fsp3) is 0.318. The fourth-order valence-electron chi connectivity index (χ4n) is 3.36. The molecule has 3 rings (SSSR count). The van der Waals surface area contributed by atoms with Gasteiger partial charge in [-0.2, -0.15) is 0 Å². The van der Waals surface area contributed by atoms with Gasteiger partial charge in [-0.1, -0.05) is 36.7 Å². The summed E-state index contributed by atoms with van der Waals surface area (Å²) in [5.74, 6) is -1.71. The van der Waals surface area contributed by atoms with Crippen molar-refractivity contribution in [3.63, 3.8) is 0 Å². The third-order valence-corrected chi connectivity index (χ3v) is 5.14. The van der Waals surface area contributed by atoms with Gasteiger partial charge in [-0.05, 0) is 72.2 Å². The summed E-state index contributed by atoms with van der Waals surface area (Å²) in [7, 11) is 0. The molecule has 1 aliphatic rings. The molecule has 1 aliphatic carbocycles. The molecule has 0 saturated carbocycles. The van der Waals surface area contributed by atoms with Gasteiger partial charge in [-0.15, -0.1) is 0 Å². The number of carboxylic acid groups (broad SMARTS) is 1. The maximum absolute atomic E-state index is 14.3. The summed E-state index contributed by atoms with van der Waals surface area (Å²) in [6, 6.07) is 12.4. The fourth-order valence-corrected chi connectivity index (χ4v) is 3.49. The lowest BCUT2D eigenvalue weighted by atomic mass is 10.0. The number of allylic oxidation sites excluding steroid dienone is 1. The van der Waals surface area contributed by atoms with Crippen LogP contribution in [0.4, 0.5) is 4.39 Å². The number of benzene rings is 2. The largest absolute Gasteiger partial charge is 0.486 e. The normalized spacial score (nSPS) is 15.1. The minimum atomic E-state index is -0.890. The van der Waals surface area contributed by atoms with E-state index in [1.54, 1.807) is 19.1 Å². The van der Waals surface area contributed by atoms with Crippen molar-refractivity contribution in [2.45, 2.75) is 32.6 Å². The van der Waals surface area contributed by atoms with Crippen LogP contribution in [0.15, 0.2) is 48.0 Å². The molecule has 0 aromatic heterocycles. The second-order valence-electron chi connectivity index (χ2n) is 6.94. The first-order chi connectivity index (χ1) is 12.9. The SMILES string of the molecule is CC(Cc1ccc(OCC2=C(c3ccc(Cl)cc3)CCC2)c(F)c1)C(=O)O. The number of carbonyl (C=O) groups is 1. The maximum atomic E-state index is 14.3. The highest BCUT2D eigenvalue weighted by molar-refractivity contribution is 6.30. The zero-order chi connectivity index (χ0) is 19.4. The molecule has 142 valence electrons. The minimum Gasteiger partial charge on any atom is -0.486 e. The minimum absolute atomic E-state index is 0.191. The van der Waals surface area contributed by atoms with E-state index < -0.39 is 17.7 Å². The lowest BCUT2D eigenvalue weighted by Gasteiger charge is -2.12. The Morgan fingerprint density at radius 3 is 2.63 bits per heavy atom. The van der Waals surface area contributed by atoms with Crippen molar-refractivity contribution >= 4 is 23.1 Å². The summed E-state index contributed by atoms with van der Waals surface area (Å²) < 4.78 is 20.1. The summed E-state index contributed by atoms with van der Waals surface area (Å²) in [4.78, 5) is 10.9. The van der Waals surface area contributed by atoms with Crippen molar-refractivity contribution in [2.75, 3.05) is 6.61 Å². The van der Waals surface area contributed by atoms with Crippen LogP contribution >= 0.6 is 11.6 Å². The molecule has 0 spiro atoms. The summed E-state index contributed by atoms with van der Waals surface area (Å²) in [5.41, 5.74) is 4.21. The van der Waals surface area contributed by atoms with E-state index in [1.165, 1.54) is 17.2 Å². The molecule has 0 radical (unpaired) electrons. The molecular weight excluding hydrogens is 367 g/mol. The molecule has 0 saturated heterocycles. The van der Waals surface area contributed by atoms with Gasteiger partial charge in [-0.3, -0.25) is 4.79 Å². The number of halogens is 2. The zero-order valence-electron chi connectivity index (χ0n) is 15.2. The predicted octanol–water partition coefficient (Wildman–Crippen LogP) is 5.76. The van der Waals surface area contributed by atoms with Crippen molar-refractivity contribution in [1.82, 2.24) is 0 Å². The van der Waals surface area contributed by atoms with Crippen molar-refractivity contribution in [3.05, 3.63) is 70.0 Å². The van der Waals surface area contributed by atoms with E-state index >= 15 is 0 Å². The van der Waals surface area contributed by atoms with Crippen LogP contribution in [-0.2, 0) is 11.2 Å². The van der Waals surface area contributed by atoms with E-state index in [1.807, 2.05) is 24.3 Å². The van der Waals surface area contributed by atoms with Gasteiger partial charge >= 0.3 is 5.97 Å². The first-order valence-electron chi connectivity index (χ1n) is 9.05. The summed E-state index contributed by atoms with van der Waals surface area (Å²) in [5, 5.41) is 9.68. The summed E-state index contributed by atoms with van der Waals surface area (Å²) >= 11 is 5.96. The molecule has 0 amide bonds. The molecule has 1 atom stereocenters. The van der Waals surface area contributed by atoms with Crippen molar-refractivity contribution < 1.29 is 19.0 Å². The number of hydrogen-bond donors (Lipinski definition) is 1. The molecule has 2 aromatic carbocycles. The highest BCUT2D eigenvalue weighted by atomic mass is 35.5. The summed E-state index contributed by atoms with van der Waals surface area (Å²) in [6.07, 6.45) is 3.27. The molecule has 1 unspecified atom stereocenters. The van der Waals surface area contributed by atoms with Gasteiger partial charge in [0.05, 0.1) is 5.92 Å². The standard InChI is InChI=1S/C22H22ClFO3/c1-14(22(25)26)11-15-5-10-21(20(24)12-15)27-13-17-3-2-4-19(17)16-6-8-18(23)9-7-16/h5-10,12,14H,2-4,11,13H2,1H3,(H,25,26). The topological polar surface area (TPSA) is 46.5 Å². The first kappa shape index (κ1) is 19.4. The molecule has 0 heterocycles. The zero-order valence-corrected chi connectivity index (χ0v) is 15.9. The van der Waals surface area contributed by atoms with Gasteiger partial charge in [-0.25, -0.2) is 4.39 Å². The molecular formula is C22H22ClFO3. The predicted molar refractivity (Wildman–Crippen MR) is 105 cm³/mol. The van der Waals surface area contributed by atoms with Crippen LogP contribution in [0.2, 0.25) is 5.02 Å². The van der Waals surface area contributed by atoms with Crippen molar-refractivity contribution in [2.24, 2.45) is 5.92 Å². The first-order valence-corrected chi connectivity index (χ1v) is 9.42. The lowest BCUT2D eigenvalue weighted by Crippen LogP contribution is -2.12. The van der Waals surface area contributed by atoms with Crippen LogP contribution in [0.1, 0.15) is 37.3 Å². The van der Waals surface area contributed by atoms with Gasteiger partial charge in [0.2, 0.25) is 0 Å². The van der Waals surface area contributed by atoms with Gasteiger partial charge in [0.25, 0.3) is 0 Å². The maximum Gasteiger partial charge on any atom is 0.306 e. The number of aliphatic carboxylic acids is 1. The van der Waals surface area contributed by atoms with Crippen LogP contribution in [0, 0.1) is 11.7 Å². The van der Waals surface area contributed by atoms with Gasteiger partial charge in [0.1, 0.15) is 6.61 Å². The van der Waals surface area contributed by atoms with E-state index in [2.05, 4.69) is 0 Å². The van der Waals surface area contributed by atoms with E-state index in [4.69, 9.17) is 21.4 Å². The average Bonchev–Trinajstić information content (AvgIpc) is 3.10. The van der Waals surface area contributed by atoms with Gasteiger partial charge < -0.3 is 9.84 Å². The highest BCUT2D eigenvalue weighted by Gasteiger charge is 2.18. The summed E-state index contributed by atoms with van der Waals surface area (Å²) in [6.45, 7) is 1.95. The Kier molecular flexibility index (Phi) is 6.17. The quantitative estimate of drug-likeness (QED) is 0.656. The van der Waals surface area contributed by atoms with Crippen LogP contribution < -0.4 is 4.74 Å². The van der Waals surface area contributed by atoms with Gasteiger partial charge in [0.15, 0.2) is 11.6 Å². The smallest absolute Gasteiger partial charge is 0.306 e. The van der Waals surface area contributed by atoms with Crippen LogP contribution in [0.25, 0.3) is 5.57 Å². The lowest BCUT2D eigenvalue weighted by molar-refractivity contribution is -0.141. The Morgan fingerprint density at radius 2 is 1.96 bits per heavy atom. The number of ether oxygens (including phenoxy) is 1. The van der Waals surface area contributed by atoms with Gasteiger partial charge in [0, 0.05) is 5.02 Å². The second-order valence-corrected chi connectivity index (χ2v) is 7.38. The van der Waals surface area contributed by atoms with E-state index in [-0.39, 0.29) is 5.75 Å². The molecule has 27 heavy (non-hydrogen) atoms. The molecule has 0 fully saturated rings. The third-order valence-electron chi connectivity index (χ3n) is 4.89. The Balaban J connectivity index is 1.69. The van der Waals surface area contributed by atoms with Crippen molar-refractivity contribution in [1.29, 1.82) is 0 Å². The number of rotatable bonds is 7. The average molecular weight is 389 g/mol. The Bertz CT molecular complexity index is 858. The van der Waals surface area contributed by atoms with E-state index in [0.717, 1.165) is 24.8 Å². The van der Waals surface area contributed by atoms with Crippen LogP contribution in [0.3, 0.4) is 0 Å². The van der Waals surface area contributed by atoms with Crippen LogP contribution in [-0.4, -0.2) is 17.7 Å². The van der Waals surface area contributed by atoms with E-state index in [0.29, 0.717) is 23.6 Å². The van der Waals surface area contributed by atoms with E-state index in [9.17, 15) is 9.18 Å². The molecule has 0 aliphatic heterocycles. The highest BCUT2D eigenvalue weighted by Crippen LogP contribution is 2.35. The van der Waals surface area contributed by atoms with Crippen LogP contribution in [0.5, 0.6) is 5.75 Å².